The van der Waals surface area contributed by atoms with Gasteiger partial charge in [0.1, 0.15) is 0 Å². The SMILES string of the molecule is CC(C)(C)CC(C)(C)NCc1cc(Cl)c(N)c(Cl)c1. The molecule has 0 amide bonds. The molecule has 1 aromatic rings. The Morgan fingerprint density at radius 2 is 1.53 bits per heavy atom. The van der Waals surface area contributed by atoms with Gasteiger partial charge in [-0.25, -0.2) is 0 Å². The largest absolute Gasteiger partial charge is 0.396 e. The lowest BCUT2D eigenvalue weighted by Gasteiger charge is -2.33. The molecule has 1 rings (SSSR count). The van der Waals surface area contributed by atoms with Crippen LogP contribution in [0.15, 0.2) is 12.1 Å². The van der Waals surface area contributed by atoms with Crippen LogP contribution < -0.4 is 11.1 Å². The molecular weight excluding hydrogens is 279 g/mol. The molecule has 2 nitrogen and oxygen atoms in total. The molecule has 0 aromatic heterocycles. The van der Waals surface area contributed by atoms with Gasteiger partial charge < -0.3 is 11.1 Å². The zero-order valence-corrected chi connectivity index (χ0v) is 13.9. The normalized spacial score (nSPS) is 12.8. The lowest BCUT2D eigenvalue weighted by atomic mass is 9.82. The van der Waals surface area contributed by atoms with E-state index in [2.05, 4.69) is 39.9 Å². The topological polar surface area (TPSA) is 38.0 Å². The number of hydrogen-bond donors (Lipinski definition) is 2. The summed E-state index contributed by atoms with van der Waals surface area (Å²) in [4.78, 5) is 0. The van der Waals surface area contributed by atoms with Crippen LogP contribution in [0.5, 0.6) is 0 Å². The molecule has 3 N–H and O–H groups in total. The highest BCUT2D eigenvalue weighted by Gasteiger charge is 2.24. The van der Waals surface area contributed by atoms with Gasteiger partial charge in [-0.3, -0.25) is 0 Å². The fourth-order valence-corrected chi connectivity index (χ4v) is 3.00. The van der Waals surface area contributed by atoms with Gasteiger partial charge in [-0.05, 0) is 43.4 Å². The number of rotatable bonds is 4. The van der Waals surface area contributed by atoms with E-state index in [1.807, 2.05) is 12.1 Å². The average molecular weight is 303 g/mol. The molecule has 4 heteroatoms. The molecule has 0 fully saturated rings. The van der Waals surface area contributed by atoms with Gasteiger partial charge in [0.05, 0.1) is 15.7 Å². The maximum absolute atomic E-state index is 6.04. The van der Waals surface area contributed by atoms with Gasteiger partial charge in [0.15, 0.2) is 0 Å². The van der Waals surface area contributed by atoms with E-state index >= 15 is 0 Å². The number of nitrogens with one attached hydrogen (secondary N) is 1. The molecule has 0 aliphatic carbocycles. The summed E-state index contributed by atoms with van der Waals surface area (Å²) in [5.74, 6) is 0. The van der Waals surface area contributed by atoms with Gasteiger partial charge in [-0.15, -0.1) is 0 Å². The number of benzene rings is 1. The minimum atomic E-state index is 0.0542. The second kappa shape index (κ2) is 5.90. The molecule has 0 aliphatic heterocycles. The third-order valence-corrected chi connectivity index (χ3v) is 3.51. The van der Waals surface area contributed by atoms with Crippen LogP contribution >= 0.6 is 23.2 Å². The van der Waals surface area contributed by atoms with Crippen molar-refractivity contribution in [2.75, 3.05) is 5.73 Å². The van der Waals surface area contributed by atoms with Crippen LogP contribution in [-0.2, 0) is 6.54 Å². The van der Waals surface area contributed by atoms with Crippen molar-refractivity contribution in [3.8, 4) is 0 Å². The highest BCUT2D eigenvalue weighted by atomic mass is 35.5. The number of nitrogen functional groups attached to an aromatic ring is 1. The second-order valence-electron chi connectivity index (χ2n) is 6.95. The van der Waals surface area contributed by atoms with Crippen molar-refractivity contribution in [2.45, 2.75) is 53.1 Å². The van der Waals surface area contributed by atoms with Crippen molar-refractivity contribution in [1.29, 1.82) is 0 Å². The molecule has 0 atom stereocenters. The summed E-state index contributed by atoms with van der Waals surface area (Å²) in [5, 5.41) is 4.57. The maximum atomic E-state index is 6.04. The van der Waals surface area contributed by atoms with Crippen LogP contribution in [-0.4, -0.2) is 5.54 Å². The summed E-state index contributed by atoms with van der Waals surface area (Å²) >= 11 is 12.1. The zero-order chi connectivity index (χ0) is 14.8. The molecule has 0 aliphatic rings. The molecule has 0 bridgehead atoms. The van der Waals surface area contributed by atoms with Gasteiger partial charge in [0.25, 0.3) is 0 Å². The highest BCUT2D eigenvalue weighted by molar-refractivity contribution is 6.38. The zero-order valence-electron chi connectivity index (χ0n) is 12.4. The number of halogens is 2. The van der Waals surface area contributed by atoms with E-state index in [1.165, 1.54) is 0 Å². The van der Waals surface area contributed by atoms with Crippen LogP contribution in [0.3, 0.4) is 0 Å². The van der Waals surface area contributed by atoms with E-state index < -0.39 is 0 Å². The van der Waals surface area contributed by atoms with Crippen molar-refractivity contribution in [3.63, 3.8) is 0 Å². The standard InChI is InChI=1S/C15H24Cl2N2/c1-14(2,3)9-15(4,5)19-8-10-6-11(16)13(18)12(17)7-10/h6-7,19H,8-9,18H2,1-5H3. The summed E-state index contributed by atoms with van der Waals surface area (Å²) in [5.41, 5.74) is 7.56. The summed E-state index contributed by atoms with van der Waals surface area (Å²) < 4.78 is 0. The Labute approximate surface area is 126 Å². The third kappa shape index (κ3) is 5.60. The fourth-order valence-electron chi connectivity index (χ4n) is 2.47. The smallest absolute Gasteiger partial charge is 0.0693 e. The molecule has 19 heavy (non-hydrogen) atoms. The molecule has 0 spiro atoms. The summed E-state index contributed by atoms with van der Waals surface area (Å²) in [7, 11) is 0. The summed E-state index contributed by atoms with van der Waals surface area (Å²) in [6.45, 7) is 11.9. The first kappa shape index (κ1) is 16.6. The van der Waals surface area contributed by atoms with Gasteiger partial charge in [-0.2, -0.15) is 0 Å². The Morgan fingerprint density at radius 3 is 1.95 bits per heavy atom. The van der Waals surface area contributed by atoms with Crippen molar-refractivity contribution in [3.05, 3.63) is 27.7 Å². The van der Waals surface area contributed by atoms with Crippen LogP contribution in [0.2, 0.25) is 10.0 Å². The van der Waals surface area contributed by atoms with Gasteiger partial charge in [0.2, 0.25) is 0 Å². The predicted molar refractivity (Wildman–Crippen MR) is 85.9 cm³/mol. The Balaban J connectivity index is 2.72. The van der Waals surface area contributed by atoms with E-state index in [0.29, 0.717) is 15.7 Å². The fraction of sp³-hybridized carbons (Fsp3) is 0.600. The first-order chi connectivity index (χ1) is 8.50. The number of nitrogens with two attached hydrogens (primary N) is 1. The van der Waals surface area contributed by atoms with Gasteiger partial charge in [0, 0.05) is 12.1 Å². The van der Waals surface area contributed by atoms with Crippen LogP contribution in [0, 0.1) is 5.41 Å². The molecular formula is C15H24Cl2N2. The molecule has 108 valence electrons. The Kier molecular flexibility index (Phi) is 5.16. The minimum Gasteiger partial charge on any atom is -0.396 e. The van der Waals surface area contributed by atoms with E-state index in [-0.39, 0.29) is 11.0 Å². The summed E-state index contributed by atoms with van der Waals surface area (Å²) in [6, 6.07) is 3.73. The van der Waals surface area contributed by atoms with Crippen molar-refractivity contribution in [1.82, 2.24) is 5.32 Å². The Hall–Kier alpha value is -0.440. The van der Waals surface area contributed by atoms with E-state index in [0.717, 1.165) is 18.5 Å². The predicted octanol–water partition coefficient (Wildman–Crippen LogP) is 4.88. The molecule has 0 heterocycles. The lowest BCUT2D eigenvalue weighted by molar-refractivity contribution is 0.241. The van der Waals surface area contributed by atoms with Crippen molar-refractivity contribution >= 4 is 28.9 Å². The van der Waals surface area contributed by atoms with Crippen LogP contribution in [0.25, 0.3) is 0 Å². The Bertz CT molecular complexity index is 425. The molecule has 0 unspecified atom stereocenters. The van der Waals surface area contributed by atoms with Gasteiger partial charge >= 0.3 is 0 Å². The first-order valence-electron chi connectivity index (χ1n) is 6.49. The highest BCUT2D eigenvalue weighted by Crippen LogP contribution is 2.30. The monoisotopic (exact) mass is 302 g/mol. The number of anilines is 1. The quantitative estimate of drug-likeness (QED) is 0.778. The van der Waals surface area contributed by atoms with Crippen molar-refractivity contribution < 1.29 is 0 Å². The maximum Gasteiger partial charge on any atom is 0.0693 e. The third-order valence-electron chi connectivity index (χ3n) is 2.88. The van der Waals surface area contributed by atoms with Crippen LogP contribution in [0.4, 0.5) is 5.69 Å². The first-order valence-corrected chi connectivity index (χ1v) is 7.24. The van der Waals surface area contributed by atoms with Crippen molar-refractivity contribution in [2.24, 2.45) is 5.41 Å². The van der Waals surface area contributed by atoms with E-state index in [9.17, 15) is 0 Å². The average Bonchev–Trinajstić information content (AvgIpc) is 2.19. The van der Waals surface area contributed by atoms with E-state index in [1.54, 1.807) is 0 Å². The molecule has 1 aromatic carbocycles. The minimum absolute atomic E-state index is 0.0542. The van der Waals surface area contributed by atoms with Gasteiger partial charge in [-0.1, -0.05) is 44.0 Å². The summed E-state index contributed by atoms with van der Waals surface area (Å²) in [6.07, 6.45) is 1.08. The molecule has 0 radical (unpaired) electrons. The second-order valence-corrected chi connectivity index (χ2v) is 7.76. The van der Waals surface area contributed by atoms with E-state index in [4.69, 9.17) is 28.9 Å². The number of hydrogen-bond acceptors (Lipinski definition) is 2. The van der Waals surface area contributed by atoms with Crippen LogP contribution in [0.1, 0.15) is 46.6 Å². The molecule has 0 saturated heterocycles. The lowest BCUT2D eigenvalue weighted by Crippen LogP contribution is -2.41. The molecule has 0 saturated carbocycles. The Morgan fingerprint density at radius 1 is 1.05 bits per heavy atom.